The van der Waals surface area contributed by atoms with Crippen molar-refractivity contribution in [1.82, 2.24) is 4.90 Å². The lowest BCUT2D eigenvalue weighted by atomic mass is 10.1. The fourth-order valence-electron chi connectivity index (χ4n) is 2.08. The number of carbonyl (C=O) groups excluding carboxylic acids is 2. The maximum absolute atomic E-state index is 12.3. The Balaban J connectivity index is 2.16. The Morgan fingerprint density at radius 2 is 1.27 bits per heavy atom. The largest absolute Gasteiger partial charge is 0.366 e. The third-order valence-electron chi connectivity index (χ3n) is 3.13. The molecule has 0 saturated carbocycles. The van der Waals surface area contributed by atoms with Crippen molar-refractivity contribution < 1.29 is 9.59 Å². The SMILES string of the molecule is NC(=O)/C=C/C(=O)N(Cc1ccccc1)Cc1ccccc1. The summed E-state index contributed by atoms with van der Waals surface area (Å²) in [6.07, 6.45) is 2.31. The minimum Gasteiger partial charge on any atom is -0.366 e. The molecular formula is C18H18N2O2. The van der Waals surface area contributed by atoms with E-state index in [1.807, 2.05) is 60.7 Å². The van der Waals surface area contributed by atoms with E-state index in [9.17, 15) is 9.59 Å². The van der Waals surface area contributed by atoms with E-state index in [2.05, 4.69) is 0 Å². The van der Waals surface area contributed by atoms with Gasteiger partial charge in [-0.2, -0.15) is 0 Å². The van der Waals surface area contributed by atoms with Crippen LogP contribution >= 0.6 is 0 Å². The molecule has 0 aliphatic rings. The summed E-state index contributed by atoms with van der Waals surface area (Å²) in [7, 11) is 0. The van der Waals surface area contributed by atoms with E-state index < -0.39 is 5.91 Å². The lowest BCUT2D eigenvalue weighted by Gasteiger charge is -2.21. The Morgan fingerprint density at radius 1 is 0.818 bits per heavy atom. The first-order valence-corrected chi connectivity index (χ1v) is 6.99. The monoisotopic (exact) mass is 294 g/mol. The molecule has 0 fully saturated rings. The zero-order valence-electron chi connectivity index (χ0n) is 12.2. The van der Waals surface area contributed by atoms with E-state index in [4.69, 9.17) is 5.73 Å². The predicted molar refractivity (Wildman–Crippen MR) is 85.5 cm³/mol. The highest BCUT2D eigenvalue weighted by Gasteiger charge is 2.12. The molecule has 0 aromatic heterocycles. The van der Waals surface area contributed by atoms with Crippen LogP contribution in [-0.4, -0.2) is 16.7 Å². The smallest absolute Gasteiger partial charge is 0.247 e. The third-order valence-corrected chi connectivity index (χ3v) is 3.13. The molecule has 0 spiro atoms. The number of nitrogens with zero attached hydrogens (tertiary/aromatic N) is 1. The van der Waals surface area contributed by atoms with Crippen molar-refractivity contribution in [3.63, 3.8) is 0 Å². The van der Waals surface area contributed by atoms with Gasteiger partial charge >= 0.3 is 0 Å². The van der Waals surface area contributed by atoms with Crippen LogP contribution in [0.4, 0.5) is 0 Å². The summed E-state index contributed by atoms with van der Waals surface area (Å²) in [4.78, 5) is 24.8. The molecule has 0 radical (unpaired) electrons. The van der Waals surface area contributed by atoms with Crippen molar-refractivity contribution in [3.8, 4) is 0 Å². The molecule has 4 heteroatoms. The van der Waals surface area contributed by atoms with E-state index in [0.717, 1.165) is 17.2 Å². The number of amides is 2. The summed E-state index contributed by atoms with van der Waals surface area (Å²) in [5.74, 6) is -0.876. The summed E-state index contributed by atoms with van der Waals surface area (Å²) in [5, 5.41) is 0. The number of nitrogens with two attached hydrogens (primary N) is 1. The van der Waals surface area contributed by atoms with Gasteiger partial charge in [0.25, 0.3) is 0 Å². The van der Waals surface area contributed by atoms with Crippen molar-refractivity contribution in [2.45, 2.75) is 13.1 Å². The second kappa shape index (κ2) is 7.78. The summed E-state index contributed by atoms with van der Waals surface area (Å²) in [6.45, 7) is 0.940. The quantitative estimate of drug-likeness (QED) is 0.831. The standard InChI is InChI=1S/C18H18N2O2/c19-17(21)11-12-18(22)20(13-15-7-3-1-4-8-15)14-16-9-5-2-6-10-16/h1-12H,13-14H2,(H2,19,21)/b12-11+. The van der Waals surface area contributed by atoms with E-state index in [0.29, 0.717) is 13.1 Å². The van der Waals surface area contributed by atoms with Gasteiger partial charge < -0.3 is 10.6 Å². The maximum atomic E-state index is 12.3. The predicted octanol–water partition coefficient (Wildman–Crippen LogP) is 2.26. The van der Waals surface area contributed by atoms with Crippen LogP contribution in [0.3, 0.4) is 0 Å². The number of benzene rings is 2. The van der Waals surface area contributed by atoms with Crippen molar-refractivity contribution in [2.24, 2.45) is 5.73 Å². The second-order valence-electron chi connectivity index (χ2n) is 4.90. The molecule has 0 heterocycles. The fourth-order valence-corrected chi connectivity index (χ4v) is 2.08. The number of primary amides is 1. The average Bonchev–Trinajstić information content (AvgIpc) is 2.54. The van der Waals surface area contributed by atoms with Gasteiger partial charge in [-0.15, -0.1) is 0 Å². The molecule has 4 nitrogen and oxygen atoms in total. The van der Waals surface area contributed by atoms with Crippen LogP contribution in [0, 0.1) is 0 Å². The third kappa shape index (κ3) is 4.90. The lowest BCUT2D eigenvalue weighted by molar-refractivity contribution is -0.127. The maximum Gasteiger partial charge on any atom is 0.247 e. The zero-order chi connectivity index (χ0) is 15.8. The number of rotatable bonds is 6. The van der Waals surface area contributed by atoms with Gasteiger partial charge in [-0.25, -0.2) is 0 Å². The van der Waals surface area contributed by atoms with Crippen LogP contribution in [-0.2, 0) is 22.7 Å². The molecule has 2 aromatic rings. The van der Waals surface area contributed by atoms with Crippen molar-refractivity contribution in [2.75, 3.05) is 0 Å². The Bertz CT molecular complexity index is 610. The first-order chi connectivity index (χ1) is 10.6. The average molecular weight is 294 g/mol. The Labute approximate surface area is 129 Å². The highest BCUT2D eigenvalue weighted by Crippen LogP contribution is 2.10. The van der Waals surface area contributed by atoms with Crippen LogP contribution in [0.15, 0.2) is 72.8 Å². The van der Waals surface area contributed by atoms with Gasteiger partial charge in [0, 0.05) is 25.2 Å². The van der Waals surface area contributed by atoms with Gasteiger partial charge in [-0.05, 0) is 11.1 Å². The van der Waals surface area contributed by atoms with Crippen LogP contribution in [0.2, 0.25) is 0 Å². The number of hydrogen-bond acceptors (Lipinski definition) is 2. The molecule has 2 rings (SSSR count). The van der Waals surface area contributed by atoms with Crippen molar-refractivity contribution in [1.29, 1.82) is 0 Å². The molecular weight excluding hydrogens is 276 g/mol. The molecule has 0 bridgehead atoms. The van der Waals surface area contributed by atoms with E-state index >= 15 is 0 Å². The molecule has 112 valence electrons. The number of carbonyl (C=O) groups is 2. The zero-order valence-corrected chi connectivity index (χ0v) is 12.2. The Morgan fingerprint density at radius 3 is 1.68 bits per heavy atom. The fraction of sp³-hybridized carbons (Fsp3) is 0.111. The minimum absolute atomic E-state index is 0.244. The summed E-state index contributed by atoms with van der Waals surface area (Å²) in [5.41, 5.74) is 7.10. The van der Waals surface area contributed by atoms with Crippen LogP contribution in [0.25, 0.3) is 0 Å². The van der Waals surface area contributed by atoms with E-state index in [-0.39, 0.29) is 5.91 Å². The summed E-state index contributed by atoms with van der Waals surface area (Å²) < 4.78 is 0. The summed E-state index contributed by atoms with van der Waals surface area (Å²) >= 11 is 0. The van der Waals surface area contributed by atoms with Crippen molar-refractivity contribution in [3.05, 3.63) is 83.9 Å². The lowest BCUT2D eigenvalue weighted by Crippen LogP contribution is -2.28. The molecule has 22 heavy (non-hydrogen) atoms. The number of hydrogen-bond donors (Lipinski definition) is 1. The first kappa shape index (κ1) is 15.5. The Kier molecular flexibility index (Phi) is 5.49. The van der Waals surface area contributed by atoms with Crippen molar-refractivity contribution >= 4 is 11.8 Å². The highest BCUT2D eigenvalue weighted by atomic mass is 16.2. The first-order valence-electron chi connectivity index (χ1n) is 6.99. The molecule has 0 aliphatic carbocycles. The Hall–Kier alpha value is -2.88. The highest BCUT2D eigenvalue weighted by molar-refractivity contribution is 5.95. The van der Waals surface area contributed by atoms with Gasteiger partial charge in [0.1, 0.15) is 0 Å². The van der Waals surface area contributed by atoms with Crippen LogP contribution in [0.5, 0.6) is 0 Å². The molecule has 2 N–H and O–H groups in total. The molecule has 2 amide bonds. The molecule has 0 aliphatic heterocycles. The second-order valence-corrected chi connectivity index (χ2v) is 4.90. The van der Waals surface area contributed by atoms with Gasteiger partial charge in [0.15, 0.2) is 0 Å². The molecule has 0 atom stereocenters. The minimum atomic E-state index is -0.632. The van der Waals surface area contributed by atoms with Crippen LogP contribution < -0.4 is 5.73 Å². The topological polar surface area (TPSA) is 63.4 Å². The van der Waals surface area contributed by atoms with E-state index in [1.54, 1.807) is 4.90 Å². The van der Waals surface area contributed by atoms with Gasteiger partial charge in [-0.1, -0.05) is 60.7 Å². The molecule has 0 saturated heterocycles. The van der Waals surface area contributed by atoms with Gasteiger partial charge in [0.2, 0.25) is 11.8 Å². The van der Waals surface area contributed by atoms with Crippen LogP contribution in [0.1, 0.15) is 11.1 Å². The summed E-state index contributed by atoms with van der Waals surface area (Å²) in [6, 6.07) is 19.4. The van der Waals surface area contributed by atoms with Gasteiger partial charge in [-0.3, -0.25) is 9.59 Å². The van der Waals surface area contributed by atoms with E-state index in [1.165, 1.54) is 6.08 Å². The van der Waals surface area contributed by atoms with Gasteiger partial charge in [0.05, 0.1) is 0 Å². The molecule has 0 unspecified atom stereocenters. The molecule has 2 aromatic carbocycles. The normalized spacial score (nSPS) is 10.5.